The first-order valence-corrected chi connectivity index (χ1v) is 7.95. The summed E-state index contributed by atoms with van der Waals surface area (Å²) in [4.78, 5) is 4.88. The number of piperidine rings is 1. The van der Waals surface area contributed by atoms with Gasteiger partial charge in [-0.3, -0.25) is 0 Å². The van der Waals surface area contributed by atoms with Gasteiger partial charge < -0.3 is 5.32 Å². The third kappa shape index (κ3) is 2.89. The van der Waals surface area contributed by atoms with E-state index in [-0.39, 0.29) is 0 Å². The minimum Gasteiger partial charge on any atom is -0.316 e. The van der Waals surface area contributed by atoms with E-state index in [9.17, 15) is 0 Å². The fourth-order valence-electron chi connectivity index (χ4n) is 3.17. The van der Waals surface area contributed by atoms with Crippen LogP contribution in [-0.4, -0.2) is 18.1 Å². The van der Waals surface area contributed by atoms with E-state index < -0.39 is 0 Å². The molecule has 0 bridgehead atoms. The van der Waals surface area contributed by atoms with Gasteiger partial charge in [-0.1, -0.05) is 12.8 Å². The minimum absolute atomic E-state index is 0.782. The Morgan fingerprint density at radius 2 is 2.12 bits per heavy atom. The molecule has 94 valence electrons. The summed E-state index contributed by atoms with van der Waals surface area (Å²) in [6.45, 7) is 2.40. The molecule has 1 saturated heterocycles. The van der Waals surface area contributed by atoms with Crippen molar-refractivity contribution < 1.29 is 0 Å². The van der Waals surface area contributed by atoms with E-state index in [4.69, 9.17) is 4.98 Å². The van der Waals surface area contributed by atoms with Gasteiger partial charge in [-0.15, -0.1) is 11.3 Å². The van der Waals surface area contributed by atoms with E-state index in [0.717, 1.165) is 11.8 Å². The second kappa shape index (κ2) is 5.49. The first kappa shape index (κ1) is 11.7. The van der Waals surface area contributed by atoms with Crippen LogP contribution < -0.4 is 5.32 Å². The third-order valence-corrected chi connectivity index (χ3v) is 5.09. The molecule has 1 atom stereocenters. The van der Waals surface area contributed by atoms with Crippen molar-refractivity contribution >= 4 is 11.3 Å². The van der Waals surface area contributed by atoms with Gasteiger partial charge in [-0.25, -0.2) is 4.98 Å². The molecule has 3 heteroatoms. The molecule has 0 amide bonds. The van der Waals surface area contributed by atoms with Crippen molar-refractivity contribution in [3.8, 4) is 0 Å². The zero-order valence-corrected chi connectivity index (χ0v) is 11.3. The third-order valence-electron chi connectivity index (χ3n) is 4.21. The van der Waals surface area contributed by atoms with E-state index in [1.807, 2.05) is 11.3 Å². The Kier molecular flexibility index (Phi) is 3.77. The van der Waals surface area contributed by atoms with Gasteiger partial charge in [0.25, 0.3) is 0 Å². The second-order valence-electron chi connectivity index (χ2n) is 5.56. The number of aromatic nitrogens is 1. The maximum absolute atomic E-state index is 4.88. The van der Waals surface area contributed by atoms with Crippen molar-refractivity contribution in [2.24, 2.45) is 5.92 Å². The normalized spacial score (nSPS) is 26.5. The maximum Gasteiger partial charge on any atom is 0.0931 e. The van der Waals surface area contributed by atoms with Crippen LogP contribution in [0.5, 0.6) is 0 Å². The Balaban J connectivity index is 1.59. The van der Waals surface area contributed by atoms with Crippen molar-refractivity contribution in [1.82, 2.24) is 10.3 Å². The van der Waals surface area contributed by atoms with Gasteiger partial charge in [0.1, 0.15) is 0 Å². The van der Waals surface area contributed by atoms with Crippen LogP contribution in [0.25, 0.3) is 0 Å². The van der Waals surface area contributed by atoms with Crippen molar-refractivity contribution in [2.75, 3.05) is 13.1 Å². The van der Waals surface area contributed by atoms with Crippen LogP contribution in [0.1, 0.15) is 55.1 Å². The van der Waals surface area contributed by atoms with Crippen LogP contribution in [0.15, 0.2) is 5.38 Å². The molecule has 2 aliphatic rings. The molecule has 0 aromatic carbocycles. The molecule has 2 fully saturated rings. The van der Waals surface area contributed by atoms with Gasteiger partial charge in [0, 0.05) is 17.7 Å². The number of hydrogen-bond donors (Lipinski definition) is 1. The van der Waals surface area contributed by atoms with Crippen LogP contribution in [0, 0.1) is 5.92 Å². The predicted molar refractivity (Wildman–Crippen MR) is 72.6 cm³/mol. The van der Waals surface area contributed by atoms with E-state index in [0.29, 0.717) is 0 Å². The van der Waals surface area contributed by atoms with Gasteiger partial charge in [-0.05, 0) is 44.7 Å². The molecule has 2 heterocycles. The summed E-state index contributed by atoms with van der Waals surface area (Å²) in [5.74, 6) is 1.61. The molecule has 1 unspecified atom stereocenters. The smallest absolute Gasteiger partial charge is 0.0931 e. The SMILES string of the molecule is c1sc(CC2CCCNC2)nc1C1CCCC1. The Morgan fingerprint density at radius 1 is 1.24 bits per heavy atom. The van der Waals surface area contributed by atoms with Crippen LogP contribution in [0.4, 0.5) is 0 Å². The molecule has 1 aliphatic carbocycles. The van der Waals surface area contributed by atoms with Crippen molar-refractivity contribution in [2.45, 2.75) is 50.9 Å². The Hall–Kier alpha value is -0.410. The molecular weight excluding hydrogens is 228 g/mol. The Labute approximate surface area is 108 Å². The highest BCUT2D eigenvalue weighted by atomic mass is 32.1. The number of nitrogens with zero attached hydrogens (tertiary/aromatic N) is 1. The molecule has 0 radical (unpaired) electrons. The fourth-order valence-corrected chi connectivity index (χ4v) is 4.17. The van der Waals surface area contributed by atoms with Gasteiger partial charge in [0.2, 0.25) is 0 Å². The molecule has 1 aromatic rings. The zero-order chi connectivity index (χ0) is 11.5. The lowest BCUT2D eigenvalue weighted by Crippen LogP contribution is -2.30. The predicted octanol–water partition coefficient (Wildman–Crippen LogP) is 3.34. The Morgan fingerprint density at radius 3 is 2.88 bits per heavy atom. The van der Waals surface area contributed by atoms with Crippen LogP contribution >= 0.6 is 11.3 Å². The molecule has 1 saturated carbocycles. The molecule has 1 N–H and O–H groups in total. The summed E-state index contributed by atoms with van der Waals surface area (Å²) >= 11 is 1.89. The Bertz CT molecular complexity index is 349. The quantitative estimate of drug-likeness (QED) is 0.890. The standard InChI is InChI=1S/C14H22N2S/c1-2-6-12(5-1)13-10-17-14(16-13)8-11-4-3-7-15-9-11/h10-12,15H,1-9H2. The van der Waals surface area contributed by atoms with E-state index >= 15 is 0 Å². The zero-order valence-electron chi connectivity index (χ0n) is 10.5. The number of rotatable bonds is 3. The molecule has 2 nitrogen and oxygen atoms in total. The molecule has 1 aliphatic heterocycles. The van der Waals surface area contributed by atoms with Gasteiger partial charge >= 0.3 is 0 Å². The fraction of sp³-hybridized carbons (Fsp3) is 0.786. The van der Waals surface area contributed by atoms with Gasteiger partial charge in [0.05, 0.1) is 10.7 Å². The lowest BCUT2D eigenvalue weighted by molar-refractivity contribution is 0.375. The molecule has 0 spiro atoms. The largest absolute Gasteiger partial charge is 0.316 e. The lowest BCUT2D eigenvalue weighted by atomic mass is 9.96. The molecule has 17 heavy (non-hydrogen) atoms. The lowest BCUT2D eigenvalue weighted by Gasteiger charge is -2.21. The highest BCUT2D eigenvalue weighted by molar-refractivity contribution is 7.09. The van der Waals surface area contributed by atoms with Crippen LogP contribution in [0.2, 0.25) is 0 Å². The molecule has 1 aromatic heterocycles. The van der Waals surface area contributed by atoms with Crippen molar-refractivity contribution in [3.63, 3.8) is 0 Å². The highest BCUT2D eigenvalue weighted by Gasteiger charge is 2.21. The topological polar surface area (TPSA) is 24.9 Å². The average molecular weight is 250 g/mol. The van der Waals surface area contributed by atoms with E-state index in [1.165, 1.54) is 68.7 Å². The summed E-state index contributed by atoms with van der Waals surface area (Å²) in [6, 6.07) is 0. The summed E-state index contributed by atoms with van der Waals surface area (Å²) < 4.78 is 0. The van der Waals surface area contributed by atoms with Crippen LogP contribution in [-0.2, 0) is 6.42 Å². The number of nitrogens with one attached hydrogen (secondary N) is 1. The minimum atomic E-state index is 0.782. The van der Waals surface area contributed by atoms with E-state index in [2.05, 4.69) is 10.7 Å². The first-order valence-electron chi connectivity index (χ1n) is 7.07. The number of thiazole rings is 1. The second-order valence-corrected chi connectivity index (χ2v) is 6.51. The van der Waals surface area contributed by atoms with Gasteiger partial charge in [0.15, 0.2) is 0 Å². The monoisotopic (exact) mass is 250 g/mol. The van der Waals surface area contributed by atoms with Crippen molar-refractivity contribution in [1.29, 1.82) is 0 Å². The first-order chi connectivity index (χ1) is 8.42. The number of hydrogen-bond acceptors (Lipinski definition) is 3. The van der Waals surface area contributed by atoms with Crippen molar-refractivity contribution in [3.05, 3.63) is 16.1 Å². The highest BCUT2D eigenvalue weighted by Crippen LogP contribution is 2.34. The summed E-state index contributed by atoms with van der Waals surface area (Å²) in [6.07, 6.45) is 9.47. The molecule has 3 rings (SSSR count). The summed E-state index contributed by atoms with van der Waals surface area (Å²) in [5, 5.41) is 7.19. The van der Waals surface area contributed by atoms with Gasteiger partial charge in [-0.2, -0.15) is 0 Å². The summed E-state index contributed by atoms with van der Waals surface area (Å²) in [5.41, 5.74) is 1.39. The maximum atomic E-state index is 4.88. The average Bonchev–Trinajstić information content (AvgIpc) is 3.00. The summed E-state index contributed by atoms with van der Waals surface area (Å²) in [7, 11) is 0. The molecular formula is C14H22N2S. The van der Waals surface area contributed by atoms with E-state index in [1.54, 1.807) is 0 Å². The van der Waals surface area contributed by atoms with Crippen LogP contribution in [0.3, 0.4) is 0 Å².